The number of hydrogen-bond donors (Lipinski definition) is 1. The van der Waals surface area contributed by atoms with Crippen molar-refractivity contribution in [2.75, 3.05) is 23.4 Å². The Morgan fingerprint density at radius 3 is 2.76 bits per heavy atom. The Balaban J connectivity index is 2.44. The normalized spacial score (nSPS) is 11.5. The monoisotopic (exact) mass is 279 g/mol. The van der Waals surface area contributed by atoms with Crippen molar-refractivity contribution in [1.29, 1.82) is 0 Å². The third-order valence-corrected chi connectivity index (χ3v) is 4.44. The van der Waals surface area contributed by atoms with E-state index in [0.29, 0.717) is 23.7 Å². The van der Waals surface area contributed by atoms with Crippen molar-refractivity contribution in [2.24, 2.45) is 0 Å². The molecule has 0 atom stereocenters. The first-order chi connectivity index (χ1) is 7.94. The summed E-state index contributed by atoms with van der Waals surface area (Å²) in [5, 5.41) is 3.34. The Morgan fingerprint density at radius 1 is 1.41 bits per heavy atom. The molecule has 1 aromatic carbocycles. The minimum Gasteiger partial charge on any atom is -0.384 e. The molecule has 17 heavy (non-hydrogen) atoms. The van der Waals surface area contributed by atoms with Gasteiger partial charge < -0.3 is 5.32 Å². The molecule has 6 heteroatoms. The molecule has 0 spiro atoms. The van der Waals surface area contributed by atoms with Gasteiger partial charge in [0.25, 0.3) is 0 Å². The maximum atomic E-state index is 12.9. The number of rotatable bonds is 6. The Kier molecular flexibility index (Phi) is 5.21. The summed E-state index contributed by atoms with van der Waals surface area (Å²) in [5.41, 5.74) is 0.487. The van der Waals surface area contributed by atoms with Crippen LogP contribution in [-0.4, -0.2) is 26.5 Å². The molecule has 0 unspecified atom stereocenters. The van der Waals surface area contributed by atoms with Crippen molar-refractivity contribution < 1.29 is 12.8 Å². The number of sulfone groups is 1. The average molecular weight is 280 g/mol. The molecule has 0 aromatic heterocycles. The maximum absolute atomic E-state index is 12.9. The van der Waals surface area contributed by atoms with Crippen LogP contribution in [0.5, 0.6) is 0 Å². The van der Waals surface area contributed by atoms with Gasteiger partial charge in [0.2, 0.25) is 0 Å². The van der Waals surface area contributed by atoms with Crippen molar-refractivity contribution in [2.45, 2.75) is 13.3 Å². The molecule has 0 aliphatic rings. The zero-order valence-corrected chi connectivity index (χ0v) is 11.1. The van der Waals surface area contributed by atoms with Gasteiger partial charge in [-0.15, -0.1) is 0 Å². The van der Waals surface area contributed by atoms with Gasteiger partial charge >= 0.3 is 0 Å². The van der Waals surface area contributed by atoms with Crippen LogP contribution in [0.3, 0.4) is 0 Å². The second kappa shape index (κ2) is 6.21. The van der Waals surface area contributed by atoms with Crippen LogP contribution in [0.15, 0.2) is 18.2 Å². The topological polar surface area (TPSA) is 46.2 Å². The number of nitrogens with one attached hydrogen (secondary N) is 1. The lowest BCUT2D eigenvalue weighted by molar-refractivity contribution is 0.595. The van der Waals surface area contributed by atoms with Crippen LogP contribution in [0.1, 0.15) is 13.3 Å². The zero-order valence-electron chi connectivity index (χ0n) is 9.54. The van der Waals surface area contributed by atoms with Crippen molar-refractivity contribution in [3.05, 3.63) is 29.0 Å². The highest BCUT2D eigenvalue weighted by Crippen LogP contribution is 2.22. The van der Waals surface area contributed by atoms with E-state index < -0.39 is 9.84 Å². The van der Waals surface area contributed by atoms with Crippen molar-refractivity contribution in [3.8, 4) is 0 Å². The molecule has 1 rings (SSSR count). The van der Waals surface area contributed by atoms with E-state index in [1.165, 1.54) is 18.2 Å². The van der Waals surface area contributed by atoms with Crippen molar-refractivity contribution in [1.82, 2.24) is 0 Å². The summed E-state index contributed by atoms with van der Waals surface area (Å²) in [6, 6.07) is 4.02. The van der Waals surface area contributed by atoms with Crippen LogP contribution < -0.4 is 5.32 Å². The largest absolute Gasteiger partial charge is 0.384 e. The fraction of sp³-hybridized carbons (Fsp3) is 0.455. The minimum absolute atomic E-state index is 0.128. The predicted octanol–water partition coefficient (Wildman–Crippen LogP) is 2.72. The van der Waals surface area contributed by atoms with E-state index in [1.807, 2.05) is 0 Å². The summed E-state index contributed by atoms with van der Waals surface area (Å²) in [7, 11) is -2.94. The first kappa shape index (κ1) is 14.3. The molecule has 0 saturated heterocycles. The highest BCUT2D eigenvalue weighted by atomic mass is 35.5. The van der Waals surface area contributed by atoms with Crippen LogP contribution in [0, 0.1) is 5.82 Å². The molecular formula is C11H15ClFNO2S. The zero-order chi connectivity index (χ0) is 12.9. The van der Waals surface area contributed by atoms with E-state index in [4.69, 9.17) is 11.6 Å². The van der Waals surface area contributed by atoms with Gasteiger partial charge in [0.05, 0.1) is 16.5 Å². The fourth-order valence-electron chi connectivity index (χ4n) is 1.29. The highest BCUT2D eigenvalue weighted by molar-refractivity contribution is 7.91. The average Bonchev–Trinajstić information content (AvgIpc) is 2.29. The molecule has 0 heterocycles. The number of anilines is 1. The standard InChI is InChI=1S/C11H15ClFNO2S/c1-2-17(15,16)7-3-6-14-11-8-9(13)4-5-10(11)12/h4-5,8,14H,2-3,6-7H2,1H3. The number of benzene rings is 1. The number of halogens is 2. The first-order valence-electron chi connectivity index (χ1n) is 5.34. The molecular weight excluding hydrogens is 265 g/mol. The summed E-state index contributed by atoms with van der Waals surface area (Å²) in [5.74, 6) is -0.102. The summed E-state index contributed by atoms with van der Waals surface area (Å²) < 4.78 is 35.3. The van der Waals surface area contributed by atoms with E-state index in [9.17, 15) is 12.8 Å². The van der Waals surface area contributed by atoms with Crippen LogP contribution in [-0.2, 0) is 9.84 Å². The van der Waals surface area contributed by atoms with Crippen LogP contribution in [0.4, 0.5) is 10.1 Å². The molecule has 1 aromatic rings. The van der Waals surface area contributed by atoms with Crippen LogP contribution >= 0.6 is 11.6 Å². The molecule has 1 N–H and O–H groups in total. The fourth-order valence-corrected chi connectivity index (χ4v) is 2.35. The smallest absolute Gasteiger partial charge is 0.150 e. The van der Waals surface area contributed by atoms with Crippen molar-refractivity contribution in [3.63, 3.8) is 0 Å². The SMILES string of the molecule is CCS(=O)(=O)CCCNc1cc(F)ccc1Cl. The third-order valence-electron chi connectivity index (χ3n) is 2.32. The summed E-state index contributed by atoms with van der Waals surface area (Å²) in [6.07, 6.45) is 0.475. The van der Waals surface area contributed by atoms with Gasteiger partial charge in [-0.1, -0.05) is 18.5 Å². The van der Waals surface area contributed by atoms with Gasteiger partial charge in [-0.25, -0.2) is 12.8 Å². The highest BCUT2D eigenvalue weighted by Gasteiger charge is 2.07. The second-order valence-corrected chi connectivity index (χ2v) is 6.52. The van der Waals surface area contributed by atoms with Gasteiger partial charge in [-0.05, 0) is 24.6 Å². The summed E-state index contributed by atoms with van der Waals surface area (Å²) in [4.78, 5) is 0. The molecule has 0 bridgehead atoms. The van der Waals surface area contributed by atoms with Crippen molar-refractivity contribution >= 4 is 27.1 Å². The number of hydrogen-bond acceptors (Lipinski definition) is 3. The van der Waals surface area contributed by atoms with E-state index >= 15 is 0 Å². The maximum Gasteiger partial charge on any atom is 0.150 e. The summed E-state index contributed by atoms with van der Waals surface area (Å²) >= 11 is 5.84. The molecule has 0 radical (unpaired) electrons. The van der Waals surface area contributed by atoms with Gasteiger partial charge in [0.15, 0.2) is 0 Å². The van der Waals surface area contributed by atoms with Gasteiger partial charge in [-0.3, -0.25) is 0 Å². The molecule has 3 nitrogen and oxygen atoms in total. The lowest BCUT2D eigenvalue weighted by Crippen LogP contribution is -2.13. The Labute approximate surface area is 106 Å². The molecule has 0 aliphatic carbocycles. The predicted molar refractivity (Wildman–Crippen MR) is 68.8 cm³/mol. The van der Waals surface area contributed by atoms with Gasteiger partial charge in [0.1, 0.15) is 15.7 Å². The molecule has 0 aliphatic heterocycles. The first-order valence-corrected chi connectivity index (χ1v) is 7.54. The molecule has 0 fully saturated rings. The Hall–Kier alpha value is -0.810. The summed E-state index contributed by atoms with van der Waals surface area (Å²) in [6.45, 7) is 2.06. The van der Waals surface area contributed by atoms with E-state index in [1.54, 1.807) is 6.92 Å². The van der Waals surface area contributed by atoms with Gasteiger partial charge in [-0.2, -0.15) is 0 Å². The Morgan fingerprint density at radius 2 is 2.12 bits per heavy atom. The van der Waals surface area contributed by atoms with E-state index in [0.717, 1.165) is 0 Å². The molecule has 96 valence electrons. The Bertz CT molecular complexity index is 476. The van der Waals surface area contributed by atoms with E-state index in [2.05, 4.69) is 5.32 Å². The lowest BCUT2D eigenvalue weighted by Gasteiger charge is -2.08. The second-order valence-electron chi connectivity index (χ2n) is 3.64. The van der Waals surface area contributed by atoms with E-state index in [-0.39, 0.29) is 17.3 Å². The van der Waals surface area contributed by atoms with Crippen LogP contribution in [0.25, 0.3) is 0 Å². The molecule has 0 saturated carbocycles. The quantitative estimate of drug-likeness (QED) is 0.815. The van der Waals surface area contributed by atoms with Crippen LogP contribution in [0.2, 0.25) is 5.02 Å². The minimum atomic E-state index is -2.94. The van der Waals surface area contributed by atoms with Gasteiger partial charge in [0, 0.05) is 12.3 Å². The molecule has 0 amide bonds. The lowest BCUT2D eigenvalue weighted by atomic mass is 10.3. The third kappa shape index (κ3) is 4.91.